The molecule has 0 atom stereocenters. The Kier molecular flexibility index (Phi) is 7.51. The molecule has 9 heteroatoms. The van der Waals surface area contributed by atoms with Gasteiger partial charge in [0.05, 0.1) is 32.0 Å². The molecule has 0 aliphatic rings. The van der Waals surface area contributed by atoms with Gasteiger partial charge in [0.2, 0.25) is 5.91 Å². The Morgan fingerprint density at radius 2 is 1.71 bits per heavy atom. The van der Waals surface area contributed by atoms with Crippen LogP contribution in [-0.2, 0) is 10.5 Å². The number of nitrogens with one attached hydrogen (secondary N) is 1. The fourth-order valence-electron chi connectivity index (χ4n) is 2.53. The molecule has 1 N–H and O–H groups in total. The van der Waals surface area contributed by atoms with E-state index in [1.54, 1.807) is 31.4 Å². The zero-order valence-electron chi connectivity index (χ0n) is 16.1. The van der Waals surface area contributed by atoms with E-state index in [-0.39, 0.29) is 23.1 Å². The zero-order chi connectivity index (χ0) is 20.7. The van der Waals surface area contributed by atoms with E-state index in [0.29, 0.717) is 22.9 Å². The van der Waals surface area contributed by atoms with Crippen molar-refractivity contribution in [2.45, 2.75) is 12.7 Å². The van der Waals surface area contributed by atoms with Gasteiger partial charge in [-0.15, -0.1) is 11.8 Å². The molecule has 150 valence electrons. The third-order valence-corrected chi connectivity index (χ3v) is 4.95. The van der Waals surface area contributed by atoms with Gasteiger partial charge < -0.3 is 19.5 Å². The topological polar surface area (TPSA) is 99.9 Å². The maximum atomic E-state index is 12.3. The van der Waals surface area contributed by atoms with E-state index < -0.39 is 4.92 Å². The number of benzene rings is 2. The average molecular weight is 406 g/mol. The highest BCUT2D eigenvalue weighted by Crippen LogP contribution is 2.33. The van der Waals surface area contributed by atoms with Gasteiger partial charge in [0.25, 0.3) is 0 Å². The molecule has 28 heavy (non-hydrogen) atoms. The van der Waals surface area contributed by atoms with E-state index in [1.807, 2.05) is 6.92 Å². The molecule has 0 bridgehead atoms. The van der Waals surface area contributed by atoms with Crippen LogP contribution >= 0.6 is 11.8 Å². The second-order valence-electron chi connectivity index (χ2n) is 5.83. The van der Waals surface area contributed by atoms with Gasteiger partial charge in [-0.3, -0.25) is 14.9 Å². The third-order valence-electron chi connectivity index (χ3n) is 3.95. The van der Waals surface area contributed by atoms with Crippen LogP contribution in [0.4, 0.5) is 11.4 Å². The summed E-state index contributed by atoms with van der Waals surface area (Å²) >= 11 is 1.36. The van der Waals surface area contributed by atoms with Crippen LogP contribution in [0.2, 0.25) is 0 Å². The second-order valence-corrected chi connectivity index (χ2v) is 6.81. The lowest BCUT2D eigenvalue weighted by Gasteiger charge is -2.13. The molecule has 0 spiro atoms. The Morgan fingerprint density at radius 3 is 2.32 bits per heavy atom. The average Bonchev–Trinajstić information content (AvgIpc) is 2.68. The van der Waals surface area contributed by atoms with E-state index in [1.165, 1.54) is 32.0 Å². The first-order chi connectivity index (χ1) is 13.4. The number of nitro benzene ring substituents is 1. The van der Waals surface area contributed by atoms with Crippen LogP contribution in [0, 0.1) is 17.0 Å². The lowest BCUT2D eigenvalue weighted by molar-refractivity contribution is -0.385. The largest absolute Gasteiger partial charge is 0.493 e. The number of hydrogen-bond donors (Lipinski definition) is 1. The molecule has 0 saturated carbocycles. The Labute approximate surface area is 167 Å². The summed E-state index contributed by atoms with van der Waals surface area (Å²) in [6, 6.07) is 8.26. The highest BCUT2D eigenvalue weighted by atomic mass is 32.2. The molecule has 0 fully saturated rings. The molecule has 0 unspecified atom stereocenters. The number of carbonyl (C=O) groups excluding carboxylic acids is 1. The summed E-state index contributed by atoms with van der Waals surface area (Å²) in [4.78, 5) is 22.8. The predicted molar refractivity (Wildman–Crippen MR) is 109 cm³/mol. The first-order valence-corrected chi connectivity index (χ1v) is 9.46. The van der Waals surface area contributed by atoms with Gasteiger partial charge in [-0.2, -0.15) is 0 Å². The number of nitrogens with zero attached hydrogens (tertiary/aromatic N) is 1. The van der Waals surface area contributed by atoms with Gasteiger partial charge in [0.15, 0.2) is 17.2 Å². The number of rotatable bonds is 9. The molecular weight excluding hydrogens is 384 g/mol. The van der Waals surface area contributed by atoms with Crippen molar-refractivity contribution in [1.29, 1.82) is 0 Å². The lowest BCUT2D eigenvalue weighted by Crippen LogP contribution is -2.15. The number of ether oxygens (including phenoxy) is 3. The maximum Gasteiger partial charge on any atom is 0.311 e. The second kappa shape index (κ2) is 9.84. The third kappa shape index (κ3) is 5.29. The van der Waals surface area contributed by atoms with Crippen molar-refractivity contribution in [1.82, 2.24) is 0 Å². The Bertz CT molecular complexity index is 872. The monoisotopic (exact) mass is 406 g/mol. The number of aryl methyl sites for hydroxylation is 1. The van der Waals surface area contributed by atoms with E-state index in [0.717, 1.165) is 11.1 Å². The van der Waals surface area contributed by atoms with E-state index in [2.05, 4.69) is 5.32 Å². The van der Waals surface area contributed by atoms with Crippen molar-refractivity contribution < 1.29 is 23.9 Å². The summed E-state index contributed by atoms with van der Waals surface area (Å²) in [5.41, 5.74) is 2.14. The smallest absolute Gasteiger partial charge is 0.311 e. The quantitative estimate of drug-likeness (QED) is 0.499. The summed E-state index contributed by atoms with van der Waals surface area (Å²) in [6.45, 7) is 1.86. The summed E-state index contributed by atoms with van der Waals surface area (Å²) in [6.07, 6.45) is 0. The van der Waals surface area contributed by atoms with Crippen LogP contribution in [0.1, 0.15) is 11.1 Å². The molecule has 8 nitrogen and oxygen atoms in total. The number of methoxy groups -OCH3 is 3. The highest BCUT2D eigenvalue weighted by Gasteiger charge is 2.15. The minimum Gasteiger partial charge on any atom is -0.493 e. The molecule has 0 aliphatic heterocycles. The van der Waals surface area contributed by atoms with Crippen molar-refractivity contribution in [3.05, 3.63) is 51.6 Å². The molecule has 1 amide bonds. The van der Waals surface area contributed by atoms with Gasteiger partial charge in [0.1, 0.15) is 0 Å². The van der Waals surface area contributed by atoms with Gasteiger partial charge >= 0.3 is 5.69 Å². The van der Waals surface area contributed by atoms with E-state index in [9.17, 15) is 14.9 Å². The van der Waals surface area contributed by atoms with Gasteiger partial charge in [0, 0.05) is 23.6 Å². The van der Waals surface area contributed by atoms with Crippen LogP contribution in [0.5, 0.6) is 17.2 Å². The molecule has 2 rings (SSSR count). The number of amides is 1. The first kappa shape index (κ1) is 21.4. The summed E-state index contributed by atoms with van der Waals surface area (Å²) in [5.74, 6) is 1.82. The van der Waals surface area contributed by atoms with E-state index >= 15 is 0 Å². The van der Waals surface area contributed by atoms with Crippen LogP contribution < -0.4 is 19.5 Å². The first-order valence-electron chi connectivity index (χ1n) is 8.31. The lowest BCUT2D eigenvalue weighted by atomic mass is 10.1. The fourth-order valence-corrected chi connectivity index (χ4v) is 3.31. The maximum absolute atomic E-state index is 12.3. The van der Waals surface area contributed by atoms with Crippen molar-refractivity contribution in [3.63, 3.8) is 0 Å². The number of anilines is 1. The predicted octanol–water partition coefficient (Wildman–Crippen LogP) is 3.80. The molecule has 0 aliphatic carbocycles. The highest BCUT2D eigenvalue weighted by molar-refractivity contribution is 7.99. The van der Waals surface area contributed by atoms with Crippen molar-refractivity contribution >= 4 is 29.0 Å². The molecular formula is C19H22N2O6S. The van der Waals surface area contributed by atoms with Gasteiger partial charge in [-0.25, -0.2) is 0 Å². The number of hydrogen-bond acceptors (Lipinski definition) is 7. The van der Waals surface area contributed by atoms with Gasteiger partial charge in [-0.05, 0) is 30.2 Å². The number of carbonyl (C=O) groups is 1. The standard InChI is InChI=1S/C19H22N2O6S/c1-12-7-17(26-3)18(27-4)9-14(12)20-19(22)11-28-10-13-5-6-16(25-2)15(8-13)21(23)24/h5-9H,10-11H2,1-4H3,(H,20,22). The minimum absolute atomic E-state index is 0.0917. The summed E-state index contributed by atoms with van der Waals surface area (Å²) in [5, 5.41) is 13.9. The van der Waals surface area contributed by atoms with Crippen LogP contribution in [0.15, 0.2) is 30.3 Å². The summed E-state index contributed by atoms with van der Waals surface area (Å²) < 4.78 is 15.5. The molecule has 2 aromatic rings. The molecule has 0 aromatic heterocycles. The summed E-state index contributed by atoms with van der Waals surface area (Å²) in [7, 11) is 4.47. The minimum atomic E-state index is -0.487. The van der Waals surface area contributed by atoms with Crippen LogP contribution in [0.3, 0.4) is 0 Å². The molecule has 0 saturated heterocycles. The van der Waals surface area contributed by atoms with Crippen molar-refractivity contribution in [2.24, 2.45) is 0 Å². The molecule has 0 heterocycles. The van der Waals surface area contributed by atoms with Gasteiger partial charge in [-0.1, -0.05) is 6.07 Å². The van der Waals surface area contributed by atoms with E-state index in [4.69, 9.17) is 14.2 Å². The Balaban J connectivity index is 1.97. The SMILES string of the molecule is COc1cc(C)c(NC(=O)CSCc2ccc(OC)c([N+](=O)[O-])c2)cc1OC. The number of nitro groups is 1. The van der Waals surface area contributed by atoms with Crippen LogP contribution in [0.25, 0.3) is 0 Å². The van der Waals surface area contributed by atoms with Crippen molar-refractivity contribution in [3.8, 4) is 17.2 Å². The number of thioether (sulfide) groups is 1. The van der Waals surface area contributed by atoms with Crippen molar-refractivity contribution in [2.75, 3.05) is 32.4 Å². The Morgan fingerprint density at radius 1 is 1.07 bits per heavy atom. The Hall–Kier alpha value is -2.94. The zero-order valence-corrected chi connectivity index (χ0v) is 16.9. The van der Waals surface area contributed by atoms with Crippen LogP contribution in [-0.4, -0.2) is 37.9 Å². The fraction of sp³-hybridized carbons (Fsp3) is 0.316. The normalized spacial score (nSPS) is 10.3. The molecule has 0 radical (unpaired) electrons. The molecule has 2 aromatic carbocycles.